The van der Waals surface area contributed by atoms with Crippen LogP contribution >= 0.6 is 0 Å². The van der Waals surface area contributed by atoms with Crippen LogP contribution in [0.3, 0.4) is 0 Å². The van der Waals surface area contributed by atoms with Crippen molar-refractivity contribution in [2.24, 2.45) is 11.8 Å². The topological polar surface area (TPSA) is 0 Å². The van der Waals surface area contributed by atoms with Crippen molar-refractivity contribution < 1.29 is 0 Å². The monoisotopic (exact) mass is 180 g/mol. The van der Waals surface area contributed by atoms with Crippen molar-refractivity contribution in [2.75, 3.05) is 0 Å². The van der Waals surface area contributed by atoms with Gasteiger partial charge < -0.3 is 0 Å². The predicted molar refractivity (Wildman–Crippen MR) is 59.8 cm³/mol. The fraction of sp³-hybridized carbons (Fsp3) is 0.846. The molecule has 1 fully saturated rings. The fourth-order valence-electron chi connectivity index (χ4n) is 2.51. The van der Waals surface area contributed by atoms with Crippen LogP contribution in [0.1, 0.15) is 59.3 Å². The standard InChI is InChI=1S/C13H24/c1-4-5-6-7-13-9-11(2)8-12(3)10-13/h7,11-12H,4-6,8-10H2,1-3H3. The third kappa shape index (κ3) is 3.97. The Hall–Kier alpha value is -0.260. The maximum absolute atomic E-state index is 2.51. The van der Waals surface area contributed by atoms with Crippen LogP contribution in [0.5, 0.6) is 0 Å². The Bertz CT molecular complexity index is 155. The van der Waals surface area contributed by atoms with Crippen LogP contribution in [0, 0.1) is 11.8 Å². The molecule has 0 N–H and O–H groups in total. The van der Waals surface area contributed by atoms with E-state index in [-0.39, 0.29) is 0 Å². The van der Waals surface area contributed by atoms with Gasteiger partial charge >= 0.3 is 0 Å². The Morgan fingerprint density at radius 1 is 1.23 bits per heavy atom. The van der Waals surface area contributed by atoms with E-state index in [0.29, 0.717) is 0 Å². The van der Waals surface area contributed by atoms with Crippen molar-refractivity contribution in [3.8, 4) is 0 Å². The van der Waals surface area contributed by atoms with E-state index in [4.69, 9.17) is 0 Å². The van der Waals surface area contributed by atoms with E-state index in [0.717, 1.165) is 11.8 Å². The minimum Gasteiger partial charge on any atom is -0.0853 e. The summed E-state index contributed by atoms with van der Waals surface area (Å²) in [7, 11) is 0. The smallest absolute Gasteiger partial charge is 0.0294 e. The Labute approximate surface area is 83.4 Å². The van der Waals surface area contributed by atoms with Crippen molar-refractivity contribution in [1.82, 2.24) is 0 Å². The molecule has 0 saturated heterocycles. The van der Waals surface area contributed by atoms with Gasteiger partial charge in [0.15, 0.2) is 0 Å². The van der Waals surface area contributed by atoms with Crippen molar-refractivity contribution in [2.45, 2.75) is 59.3 Å². The van der Waals surface area contributed by atoms with Crippen LogP contribution in [0.2, 0.25) is 0 Å². The summed E-state index contributed by atoms with van der Waals surface area (Å²) in [4.78, 5) is 0. The van der Waals surface area contributed by atoms with E-state index in [2.05, 4.69) is 26.8 Å². The molecular formula is C13H24. The highest BCUT2D eigenvalue weighted by Crippen LogP contribution is 2.32. The lowest BCUT2D eigenvalue weighted by molar-refractivity contribution is 0.357. The average molecular weight is 180 g/mol. The molecule has 2 atom stereocenters. The van der Waals surface area contributed by atoms with Crippen LogP contribution in [0.15, 0.2) is 11.6 Å². The maximum Gasteiger partial charge on any atom is -0.0294 e. The summed E-state index contributed by atoms with van der Waals surface area (Å²) in [5, 5.41) is 0. The molecule has 0 heterocycles. The fourth-order valence-corrected chi connectivity index (χ4v) is 2.51. The summed E-state index contributed by atoms with van der Waals surface area (Å²) in [6.07, 6.45) is 10.7. The first-order chi connectivity index (χ1) is 6.22. The highest BCUT2D eigenvalue weighted by Gasteiger charge is 2.17. The van der Waals surface area contributed by atoms with Crippen LogP contribution in [-0.2, 0) is 0 Å². The van der Waals surface area contributed by atoms with Gasteiger partial charge in [-0.1, -0.05) is 45.3 Å². The molecule has 0 aromatic carbocycles. The zero-order chi connectivity index (χ0) is 9.68. The van der Waals surface area contributed by atoms with Gasteiger partial charge in [0.05, 0.1) is 0 Å². The molecule has 1 saturated carbocycles. The average Bonchev–Trinajstić information content (AvgIpc) is 2.03. The van der Waals surface area contributed by atoms with Gasteiger partial charge in [-0.05, 0) is 37.5 Å². The molecular weight excluding hydrogens is 156 g/mol. The second kappa shape index (κ2) is 5.47. The second-order valence-electron chi connectivity index (χ2n) is 4.86. The molecule has 13 heavy (non-hydrogen) atoms. The minimum atomic E-state index is 0.927. The molecule has 1 aliphatic rings. The molecule has 1 aliphatic carbocycles. The zero-order valence-corrected chi connectivity index (χ0v) is 9.47. The molecule has 0 bridgehead atoms. The number of hydrogen-bond donors (Lipinski definition) is 0. The summed E-state index contributed by atoms with van der Waals surface area (Å²) in [5.74, 6) is 1.85. The lowest BCUT2D eigenvalue weighted by Gasteiger charge is -2.26. The van der Waals surface area contributed by atoms with E-state index in [1.54, 1.807) is 5.57 Å². The zero-order valence-electron chi connectivity index (χ0n) is 9.47. The Kier molecular flexibility index (Phi) is 4.55. The predicted octanol–water partition coefficient (Wildman–Crippen LogP) is 4.56. The van der Waals surface area contributed by atoms with Crippen molar-refractivity contribution in [3.63, 3.8) is 0 Å². The summed E-state index contributed by atoms with van der Waals surface area (Å²) < 4.78 is 0. The highest BCUT2D eigenvalue weighted by molar-refractivity contribution is 5.06. The number of unbranched alkanes of at least 4 members (excludes halogenated alkanes) is 2. The van der Waals surface area contributed by atoms with Crippen molar-refractivity contribution >= 4 is 0 Å². The number of rotatable bonds is 3. The molecule has 0 spiro atoms. The first-order valence-electron chi connectivity index (χ1n) is 5.90. The van der Waals surface area contributed by atoms with E-state index < -0.39 is 0 Å². The molecule has 76 valence electrons. The summed E-state index contributed by atoms with van der Waals surface area (Å²) in [5.41, 5.74) is 1.74. The van der Waals surface area contributed by atoms with E-state index >= 15 is 0 Å². The molecule has 0 aromatic heterocycles. The Balaban J connectivity index is 2.35. The molecule has 0 aromatic rings. The third-order valence-corrected chi connectivity index (χ3v) is 3.02. The molecule has 0 nitrogen and oxygen atoms in total. The van der Waals surface area contributed by atoms with Gasteiger partial charge in [-0.25, -0.2) is 0 Å². The van der Waals surface area contributed by atoms with Crippen LogP contribution < -0.4 is 0 Å². The van der Waals surface area contributed by atoms with Crippen molar-refractivity contribution in [3.05, 3.63) is 11.6 Å². The molecule has 0 aliphatic heterocycles. The van der Waals surface area contributed by atoms with Gasteiger partial charge in [0.25, 0.3) is 0 Å². The Morgan fingerprint density at radius 2 is 1.85 bits per heavy atom. The molecule has 2 unspecified atom stereocenters. The van der Waals surface area contributed by atoms with Gasteiger partial charge in [-0.15, -0.1) is 0 Å². The summed E-state index contributed by atoms with van der Waals surface area (Å²) >= 11 is 0. The van der Waals surface area contributed by atoms with E-state index in [9.17, 15) is 0 Å². The summed E-state index contributed by atoms with van der Waals surface area (Å²) in [6, 6.07) is 0. The first-order valence-corrected chi connectivity index (χ1v) is 5.90. The normalized spacial score (nSPS) is 29.0. The lowest BCUT2D eigenvalue weighted by Crippen LogP contribution is -2.12. The quantitative estimate of drug-likeness (QED) is 0.441. The number of hydrogen-bond acceptors (Lipinski definition) is 0. The first kappa shape index (κ1) is 10.8. The van der Waals surface area contributed by atoms with E-state index in [1.807, 2.05) is 0 Å². The van der Waals surface area contributed by atoms with E-state index in [1.165, 1.54) is 38.5 Å². The van der Waals surface area contributed by atoms with Crippen LogP contribution in [0.4, 0.5) is 0 Å². The molecule has 0 radical (unpaired) electrons. The van der Waals surface area contributed by atoms with Gasteiger partial charge in [0, 0.05) is 0 Å². The second-order valence-corrected chi connectivity index (χ2v) is 4.86. The van der Waals surface area contributed by atoms with Gasteiger partial charge in [-0.3, -0.25) is 0 Å². The highest BCUT2D eigenvalue weighted by atomic mass is 14.2. The minimum absolute atomic E-state index is 0.927. The van der Waals surface area contributed by atoms with Crippen LogP contribution in [-0.4, -0.2) is 0 Å². The maximum atomic E-state index is 2.51. The van der Waals surface area contributed by atoms with Crippen molar-refractivity contribution in [1.29, 1.82) is 0 Å². The SMILES string of the molecule is CCCCC=C1CC(C)CC(C)C1. The summed E-state index contributed by atoms with van der Waals surface area (Å²) in [6.45, 7) is 7.05. The molecule has 0 amide bonds. The molecule has 0 heteroatoms. The lowest BCUT2D eigenvalue weighted by atomic mass is 9.80. The Morgan fingerprint density at radius 3 is 2.38 bits per heavy atom. The largest absolute Gasteiger partial charge is 0.0853 e. The van der Waals surface area contributed by atoms with Crippen LogP contribution in [0.25, 0.3) is 0 Å². The van der Waals surface area contributed by atoms with Gasteiger partial charge in [0.2, 0.25) is 0 Å². The van der Waals surface area contributed by atoms with Gasteiger partial charge in [0.1, 0.15) is 0 Å². The van der Waals surface area contributed by atoms with Gasteiger partial charge in [-0.2, -0.15) is 0 Å². The molecule has 1 rings (SSSR count). The third-order valence-electron chi connectivity index (χ3n) is 3.02. The number of allylic oxidation sites excluding steroid dienone is 2.